The van der Waals surface area contributed by atoms with E-state index in [1.165, 1.54) is 44.2 Å². The summed E-state index contributed by atoms with van der Waals surface area (Å²) >= 11 is 5.64. The van der Waals surface area contributed by atoms with Crippen LogP contribution in [0.2, 0.25) is 0 Å². The topological polar surface area (TPSA) is 29.9 Å². The van der Waals surface area contributed by atoms with Crippen LogP contribution in [-0.2, 0) is 6.54 Å². The Morgan fingerprint density at radius 2 is 2.11 bits per heavy atom. The van der Waals surface area contributed by atoms with Crippen molar-refractivity contribution in [3.63, 3.8) is 0 Å². The number of aromatic nitrogens is 2. The fourth-order valence-corrected chi connectivity index (χ4v) is 2.77. The molecule has 1 N–H and O–H groups in total. The normalized spacial score (nSPS) is 16.5. The van der Waals surface area contributed by atoms with Gasteiger partial charge >= 0.3 is 0 Å². The van der Waals surface area contributed by atoms with Gasteiger partial charge in [0.2, 0.25) is 0 Å². The summed E-state index contributed by atoms with van der Waals surface area (Å²) < 4.78 is 2.16. The lowest BCUT2D eigenvalue weighted by atomic mass is 10.2. The molecule has 1 saturated carbocycles. The third-order valence-electron chi connectivity index (χ3n) is 3.66. The molecule has 3 nitrogen and oxygen atoms in total. The number of nitrogens with zero attached hydrogens (tertiary/aromatic N) is 2. The molecule has 0 radical (unpaired) electrons. The highest BCUT2D eigenvalue weighted by molar-refractivity contribution is 6.17. The van der Waals surface area contributed by atoms with E-state index in [4.69, 9.17) is 11.6 Å². The highest BCUT2D eigenvalue weighted by atomic mass is 35.5. The Morgan fingerprint density at radius 1 is 1.28 bits per heavy atom. The third kappa shape index (κ3) is 4.29. The largest absolute Gasteiger partial charge is 0.311 e. The zero-order valence-corrected chi connectivity index (χ0v) is 11.8. The van der Waals surface area contributed by atoms with Crippen LogP contribution >= 0.6 is 11.6 Å². The molecule has 1 heterocycles. The van der Waals surface area contributed by atoms with Crippen molar-refractivity contribution in [3.05, 3.63) is 18.0 Å². The van der Waals surface area contributed by atoms with E-state index < -0.39 is 0 Å². The number of hydrogen-bond donors (Lipinski definition) is 1. The zero-order valence-electron chi connectivity index (χ0n) is 11.1. The van der Waals surface area contributed by atoms with E-state index in [1.54, 1.807) is 0 Å². The van der Waals surface area contributed by atoms with Gasteiger partial charge in [-0.2, -0.15) is 5.10 Å². The van der Waals surface area contributed by atoms with Crippen LogP contribution in [0.3, 0.4) is 0 Å². The molecule has 0 saturated heterocycles. The first-order valence-corrected chi connectivity index (χ1v) is 7.74. The van der Waals surface area contributed by atoms with E-state index >= 15 is 0 Å². The second kappa shape index (κ2) is 7.80. The fraction of sp³-hybridized carbons (Fsp3) is 0.786. The molecule has 0 atom stereocenters. The number of unbranched alkanes of at least 4 members (excludes halogenated alkanes) is 2. The summed E-state index contributed by atoms with van der Waals surface area (Å²) in [4.78, 5) is 0. The third-order valence-corrected chi connectivity index (χ3v) is 3.92. The molecule has 1 aliphatic rings. The number of halogens is 1. The highest BCUT2D eigenvalue weighted by Gasteiger charge is 2.17. The summed E-state index contributed by atoms with van der Waals surface area (Å²) in [5.74, 6) is 0.784. The maximum absolute atomic E-state index is 5.64. The molecule has 2 rings (SSSR count). The molecule has 1 fully saturated rings. The molecule has 0 amide bonds. The molecular weight excluding hydrogens is 246 g/mol. The van der Waals surface area contributed by atoms with E-state index in [9.17, 15) is 0 Å². The Hall–Kier alpha value is -0.540. The minimum Gasteiger partial charge on any atom is -0.311 e. The Morgan fingerprint density at radius 3 is 2.89 bits per heavy atom. The molecule has 0 aliphatic heterocycles. The summed E-state index contributed by atoms with van der Waals surface area (Å²) in [6.45, 7) is 1.95. The van der Waals surface area contributed by atoms with Crippen molar-refractivity contribution in [2.45, 2.75) is 57.5 Å². The predicted octanol–water partition coefficient (Wildman–Crippen LogP) is 3.50. The van der Waals surface area contributed by atoms with Crippen LogP contribution in [0.4, 0.5) is 0 Å². The first-order valence-electron chi connectivity index (χ1n) is 7.21. The van der Waals surface area contributed by atoms with Gasteiger partial charge in [0, 0.05) is 18.6 Å². The van der Waals surface area contributed by atoms with Crippen molar-refractivity contribution < 1.29 is 0 Å². The van der Waals surface area contributed by atoms with Gasteiger partial charge in [-0.3, -0.25) is 4.68 Å². The Labute approximate surface area is 115 Å². The second-order valence-electron chi connectivity index (χ2n) is 5.15. The zero-order chi connectivity index (χ0) is 12.6. The van der Waals surface area contributed by atoms with Crippen molar-refractivity contribution >= 4 is 11.6 Å². The summed E-state index contributed by atoms with van der Waals surface area (Å²) in [7, 11) is 0. The number of nitrogens with one attached hydrogen (secondary N) is 1. The van der Waals surface area contributed by atoms with Crippen molar-refractivity contribution in [2.24, 2.45) is 0 Å². The van der Waals surface area contributed by atoms with Crippen molar-refractivity contribution in [1.29, 1.82) is 0 Å². The maximum Gasteiger partial charge on any atom is 0.0762 e. The van der Waals surface area contributed by atoms with Gasteiger partial charge in [-0.15, -0.1) is 11.6 Å². The number of alkyl halides is 1. The van der Waals surface area contributed by atoms with Gasteiger partial charge in [-0.05, 0) is 38.3 Å². The predicted molar refractivity (Wildman–Crippen MR) is 76.0 cm³/mol. The molecule has 0 spiro atoms. The quantitative estimate of drug-likeness (QED) is 0.578. The Balaban J connectivity index is 1.64. The molecule has 0 aromatic carbocycles. The maximum atomic E-state index is 5.64. The summed E-state index contributed by atoms with van der Waals surface area (Å²) in [5, 5.41) is 8.10. The van der Waals surface area contributed by atoms with Crippen molar-refractivity contribution in [3.8, 4) is 0 Å². The molecule has 4 heteroatoms. The lowest BCUT2D eigenvalue weighted by Gasteiger charge is -2.08. The minimum atomic E-state index is 0.655. The number of rotatable bonds is 8. The Kier molecular flexibility index (Phi) is 6.01. The van der Waals surface area contributed by atoms with Crippen LogP contribution in [0.25, 0.3) is 0 Å². The molecule has 18 heavy (non-hydrogen) atoms. The molecule has 1 aromatic heterocycles. The standard InChI is InChI=1S/C14H24ClN3/c15-9-4-1-5-10-16-12-13-8-11-18(17-13)14-6-2-3-7-14/h8,11,14,16H,1-7,9-10,12H2. The van der Waals surface area contributed by atoms with E-state index in [-0.39, 0.29) is 0 Å². The summed E-state index contributed by atoms with van der Waals surface area (Å²) in [5.41, 5.74) is 1.17. The van der Waals surface area contributed by atoms with Crippen LogP contribution in [0.15, 0.2) is 12.3 Å². The first kappa shape index (κ1) is 13.9. The lowest BCUT2D eigenvalue weighted by molar-refractivity contribution is 0.460. The molecule has 1 aromatic rings. The van der Waals surface area contributed by atoms with Crippen molar-refractivity contribution in [1.82, 2.24) is 15.1 Å². The van der Waals surface area contributed by atoms with Crippen LogP contribution in [-0.4, -0.2) is 22.2 Å². The van der Waals surface area contributed by atoms with Gasteiger partial charge in [0.15, 0.2) is 0 Å². The molecule has 102 valence electrons. The molecule has 0 bridgehead atoms. The van der Waals surface area contributed by atoms with E-state index in [1.807, 2.05) is 0 Å². The molecule has 0 unspecified atom stereocenters. The second-order valence-corrected chi connectivity index (χ2v) is 5.53. The first-order chi connectivity index (χ1) is 8.90. The Bertz CT molecular complexity index is 332. The van der Waals surface area contributed by atoms with Gasteiger partial charge in [0.1, 0.15) is 0 Å². The van der Waals surface area contributed by atoms with Crippen LogP contribution < -0.4 is 5.32 Å². The van der Waals surface area contributed by atoms with Gasteiger partial charge in [0.25, 0.3) is 0 Å². The molecular formula is C14H24ClN3. The molecule has 1 aliphatic carbocycles. The smallest absolute Gasteiger partial charge is 0.0762 e. The average molecular weight is 270 g/mol. The van der Waals surface area contributed by atoms with Crippen LogP contribution in [0.1, 0.15) is 56.7 Å². The minimum absolute atomic E-state index is 0.655. The van der Waals surface area contributed by atoms with E-state index in [0.717, 1.165) is 25.4 Å². The van der Waals surface area contributed by atoms with Gasteiger partial charge in [-0.1, -0.05) is 19.3 Å². The number of hydrogen-bond acceptors (Lipinski definition) is 2. The SMILES string of the molecule is ClCCCCCNCc1ccn(C2CCCC2)n1. The summed E-state index contributed by atoms with van der Waals surface area (Å²) in [6, 6.07) is 2.80. The van der Waals surface area contributed by atoms with E-state index in [2.05, 4.69) is 27.4 Å². The average Bonchev–Trinajstić information content (AvgIpc) is 3.03. The summed E-state index contributed by atoms with van der Waals surface area (Å²) in [6.07, 6.45) is 11.0. The highest BCUT2D eigenvalue weighted by Crippen LogP contribution is 2.28. The lowest BCUT2D eigenvalue weighted by Crippen LogP contribution is -2.15. The monoisotopic (exact) mass is 269 g/mol. The van der Waals surface area contributed by atoms with Gasteiger partial charge in [-0.25, -0.2) is 0 Å². The fourth-order valence-electron chi connectivity index (χ4n) is 2.58. The van der Waals surface area contributed by atoms with E-state index in [0.29, 0.717) is 6.04 Å². The van der Waals surface area contributed by atoms with Crippen LogP contribution in [0.5, 0.6) is 0 Å². The van der Waals surface area contributed by atoms with Gasteiger partial charge < -0.3 is 5.32 Å². The van der Waals surface area contributed by atoms with Crippen molar-refractivity contribution in [2.75, 3.05) is 12.4 Å². The van der Waals surface area contributed by atoms with Gasteiger partial charge in [0.05, 0.1) is 11.7 Å². The van der Waals surface area contributed by atoms with Crippen LogP contribution in [0, 0.1) is 0 Å².